The molecular formula is C14H23NOS. The molecule has 1 unspecified atom stereocenters. The number of hydrogen-bond donors (Lipinski definition) is 1. The third kappa shape index (κ3) is 5.99. The molecular weight excluding hydrogens is 230 g/mol. The zero-order valence-electron chi connectivity index (χ0n) is 11.2. The minimum atomic E-state index is 0.203. The Balaban J connectivity index is 2.31. The second kappa shape index (κ2) is 7.62. The van der Waals surface area contributed by atoms with Crippen LogP contribution < -0.4 is 10.1 Å². The molecule has 0 fully saturated rings. The van der Waals surface area contributed by atoms with E-state index in [4.69, 9.17) is 4.74 Å². The van der Waals surface area contributed by atoms with Gasteiger partial charge in [-0.3, -0.25) is 0 Å². The van der Waals surface area contributed by atoms with Crippen molar-refractivity contribution >= 4 is 11.8 Å². The molecule has 96 valence electrons. The summed E-state index contributed by atoms with van der Waals surface area (Å²) in [5, 5.41) is 3.40. The van der Waals surface area contributed by atoms with Gasteiger partial charge in [0, 0.05) is 11.4 Å². The van der Waals surface area contributed by atoms with Crippen LogP contribution in [0, 0.1) is 5.92 Å². The smallest absolute Gasteiger partial charge is 0.119 e. The maximum Gasteiger partial charge on any atom is 0.119 e. The van der Waals surface area contributed by atoms with Crippen LogP contribution in [-0.2, 0) is 0 Å². The molecule has 0 amide bonds. The second-order valence-electron chi connectivity index (χ2n) is 4.66. The molecule has 2 nitrogen and oxygen atoms in total. The number of hydrogen-bond acceptors (Lipinski definition) is 3. The monoisotopic (exact) mass is 253 g/mol. The molecule has 1 N–H and O–H groups in total. The molecule has 1 aromatic rings. The lowest BCUT2D eigenvalue weighted by molar-refractivity contribution is 0.215. The zero-order valence-corrected chi connectivity index (χ0v) is 12.0. The first-order valence-electron chi connectivity index (χ1n) is 6.13. The van der Waals surface area contributed by atoms with E-state index in [1.54, 1.807) is 11.8 Å². The lowest BCUT2D eigenvalue weighted by Gasteiger charge is -2.16. The molecule has 0 radical (unpaired) electrons. The van der Waals surface area contributed by atoms with Crippen LogP contribution in [0.25, 0.3) is 0 Å². The summed E-state index contributed by atoms with van der Waals surface area (Å²) in [5.41, 5.74) is 0. The molecule has 0 aliphatic carbocycles. The van der Waals surface area contributed by atoms with Crippen LogP contribution in [0.2, 0.25) is 0 Å². The van der Waals surface area contributed by atoms with Crippen LogP contribution in [0.15, 0.2) is 29.2 Å². The van der Waals surface area contributed by atoms with Crippen LogP contribution in [0.5, 0.6) is 5.75 Å². The van der Waals surface area contributed by atoms with Crippen molar-refractivity contribution in [3.8, 4) is 5.75 Å². The van der Waals surface area contributed by atoms with E-state index >= 15 is 0 Å². The standard InChI is InChI=1S/C14H23NOS/c1-11(2)9-15-10-12(3)16-13-5-7-14(17-4)8-6-13/h5-8,11-12,15H,9-10H2,1-4H3. The fourth-order valence-corrected chi connectivity index (χ4v) is 1.91. The van der Waals surface area contributed by atoms with Gasteiger partial charge >= 0.3 is 0 Å². The van der Waals surface area contributed by atoms with Gasteiger partial charge < -0.3 is 10.1 Å². The highest BCUT2D eigenvalue weighted by molar-refractivity contribution is 7.98. The van der Waals surface area contributed by atoms with E-state index < -0.39 is 0 Å². The van der Waals surface area contributed by atoms with Gasteiger partial charge in [-0.2, -0.15) is 0 Å². The third-order valence-electron chi connectivity index (χ3n) is 2.38. The predicted molar refractivity (Wildman–Crippen MR) is 76.0 cm³/mol. The van der Waals surface area contributed by atoms with Crippen molar-refractivity contribution in [1.82, 2.24) is 5.32 Å². The van der Waals surface area contributed by atoms with Crippen molar-refractivity contribution in [3.63, 3.8) is 0 Å². The summed E-state index contributed by atoms with van der Waals surface area (Å²) in [7, 11) is 0. The number of nitrogens with one attached hydrogen (secondary N) is 1. The molecule has 17 heavy (non-hydrogen) atoms. The summed E-state index contributed by atoms with van der Waals surface area (Å²) < 4.78 is 5.82. The van der Waals surface area contributed by atoms with Crippen LogP contribution in [-0.4, -0.2) is 25.4 Å². The number of benzene rings is 1. The zero-order chi connectivity index (χ0) is 12.7. The van der Waals surface area contributed by atoms with Gasteiger partial charge in [0.05, 0.1) is 0 Å². The van der Waals surface area contributed by atoms with Crippen molar-refractivity contribution in [2.24, 2.45) is 5.92 Å². The molecule has 1 aromatic carbocycles. The van der Waals surface area contributed by atoms with Crippen LogP contribution >= 0.6 is 11.8 Å². The summed E-state index contributed by atoms with van der Waals surface area (Å²) in [6.45, 7) is 8.44. The van der Waals surface area contributed by atoms with Gasteiger partial charge in [-0.1, -0.05) is 13.8 Å². The Labute approximate surface area is 109 Å². The molecule has 0 aliphatic rings. The molecule has 0 aromatic heterocycles. The van der Waals surface area contributed by atoms with Gasteiger partial charge in [0.1, 0.15) is 11.9 Å². The van der Waals surface area contributed by atoms with Gasteiger partial charge in [-0.25, -0.2) is 0 Å². The maximum absolute atomic E-state index is 5.82. The average molecular weight is 253 g/mol. The fraction of sp³-hybridized carbons (Fsp3) is 0.571. The van der Waals surface area contributed by atoms with E-state index in [1.165, 1.54) is 4.90 Å². The first-order chi connectivity index (χ1) is 8.11. The topological polar surface area (TPSA) is 21.3 Å². The van der Waals surface area contributed by atoms with Gasteiger partial charge in [0.25, 0.3) is 0 Å². The first-order valence-corrected chi connectivity index (χ1v) is 7.35. The Morgan fingerprint density at radius 3 is 2.29 bits per heavy atom. The van der Waals surface area contributed by atoms with Crippen molar-refractivity contribution in [2.45, 2.75) is 31.8 Å². The molecule has 0 bridgehead atoms. The van der Waals surface area contributed by atoms with E-state index in [9.17, 15) is 0 Å². The maximum atomic E-state index is 5.82. The van der Waals surface area contributed by atoms with Crippen LogP contribution in [0.4, 0.5) is 0 Å². The molecule has 0 spiro atoms. The highest BCUT2D eigenvalue weighted by Crippen LogP contribution is 2.19. The molecule has 0 saturated carbocycles. The molecule has 0 saturated heterocycles. The van der Waals surface area contributed by atoms with Crippen LogP contribution in [0.3, 0.4) is 0 Å². The normalized spacial score (nSPS) is 12.8. The van der Waals surface area contributed by atoms with Gasteiger partial charge in [0.15, 0.2) is 0 Å². The van der Waals surface area contributed by atoms with Crippen molar-refractivity contribution in [1.29, 1.82) is 0 Å². The summed E-state index contributed by atoms with van der Waals surface area (Å²) in [6, 6.07) is 8.25. The van der Waals surface area contributed by atoms with E-state index in [0.717, 1.165) is 18.8 Å². The number of thioether (sulfide) groups is 1. The lowest BCUT2D eigenvalue weighted by atomic mass is 10.2. The van der Waals surface area contributed by atoms with Gasteiger partial charge in [-0.05, 0) is 49.9 Å². The van der Waals surface area contributed by atoms with E-state index in [0.29, 0.717) is 5.92 Å². The number of rotatable bonds is 7. The molecule has 1 atom stereocenters. The second-order valence-corrected chi connectivity index (χ2v) is 5.54. The molecule has 0 heterocycles. The largest absolute Gasteiger partial charge is 0.489 e. The Kier molecular flexibility index (Phi) is 6.45. The number of ether oxygens (including phenoxy) is 1. The fourth-order valence-electron chi connectivity index (χ4n) is 1.50. The van der Waals surface area contributed by atoms with Crippen molar-refractivity contribution in [2.75, 3.05) is 19.3 Å². The van der Waals surface area contributed by atoms with Crippen molar-refractivity contribution in [3.05, 3.63) is 24.3 Å². The van der Waals surface area contributed by atoms with Gasteiger partial charge in [0.2, 0.25) is 0 Å². The highest BCUT2D eigenvalue weighted by Gasteiger charge is 2.04. The van der Waals surface area contributed by atoms with Crippen LogP contribution in [0.1, 0.15) is 20.8 Å². The molecule has 0 aliphatic heterocycles. The van der Waals surface area contributed by atoms with E-state index in [-0.39, 0.29) is 6.10 Å². The quantitative estimate of drug-likeness (QED) is 0.752. The molecule has 1 rings (SSSR count). The average Bonchev–Trinajstić information content (AvgIpc) is 2.29. The SMILES string of the molecule is CSc1ccc(OC(C)CNCC(C)C)cc1. The minimum Gasteiger partial charge on any atom is -0.489 e. The summed E-state index contributed by atoms with van der Waals surface area (Å²) >= 11 is 1.75. The third-order valence-corrected chi connectivity index (χ3v) is 3.12. The summed E-state index contributed by atoms with van der Waals surface area (Å²) in [4.78, 5) is 1.27. The van der Waals surface area contributed by atoms with E-state index in [1.807, 2.05) is 12.1 Å². The van der Waals surface area contributed by atoms with Gasteiger partial charge in [-0.15, -0.1) is 11.8 Å². The Morgan fingerprint density at radius 2 is 1.76 bits per heavy atom. The van der Waals surface area contributed by atoms with E-state index in [2.05, 4.69) is 44.5 Å². The Morgan fingerprint density at radius 1 is 1.12 bits per heavy atom. The predicted octanol–water partition coefficient (Wildman–Crippen LogP) is 3.42. The first kappa shape index (κ1) is 14.4. The van der Waals surface area contributed by atoms with Crippen molar-refractivity contribution < 1.29 is 4.74 Å². The highest BCUT2D eigenvalue weighted by atomic mass is 32.2. The summed E-state index contributed by atoms with van der Waals surface area (Å²) in [6.07, 6.45) is 2.28. The Bertz CT molecular complexity index is 311. The summed E-state index contributed by atoms with van der Waals surface area (Å²) in [5.74, 6) is 1.63. The lowest BCUT2D eigenvalue weighted by Crippen LogP contribution is -2.31. The minimum absolute atomic E-state index is 0.203. The Hall–Kier alpha value is -0.670. The molecule has 3 heteroatoms.